The Hall–Kier alpha value is -0.380. The molecule has 0 radical (unpaired) electrons. The zero-order chi connectivity index (χ0) is 8.15. The van der Waals surface area contributed by atoms with Crippen molar-refractivity contribution in [3.05, 3.63) is 12.2 Å². The number of fused-ring (bicyclic) bond motifs is 5. The van der Waals surface area contributed by atoms with Crippen molar-refractivity contribution in [2.45, 2.75) is 36.6 Å². The van der Waals surface area contributed by atoms with Crippen molar-refractivity contribution in [1.29, 1.82) is 0 Å². The number of epoxide rings is 3. The smallest absolute Gasteiger partial charge is 0.114 e. The van der Waals surface area contributed by atoms with E-state index in [9.17, 15) is 0 Å². The molecule has 13 heavy (non-hydrogen) atoms. The molecule has 8 unspecified atom stereocenters. The van der Waals surface area contributed by atoms with Crippen LogP contribution in [0, 0.1) is 11.8 Å². The van der Waals surface area contributed by atoms with Crippen molar-refractivity contribution in [3.8, 4) is 0 Å². The minimum Gasteiger partial charge on any atom is -0.368 e. The van der Waals surface area contributed by atoms with Gasteiger partial charge in [-0.2, -0.15) is 0 Å². The molecule has 0 aromatic carbocycles. The maximum absolute atomic E-state index is 5.70. The van der Waals surface area contributed by atoms with Crippen LogP contribution in [0.3, 0.4) is 0 Å². The van der Waals surface area contributed by atoms with Crippen LogP contribution < -0.4 is 0 Å². The van der Waals surface area contributed by atoms with E-state index >= 15 is 0 Å². The fourth-order valence-electron chi connectivity index (χ4n) is 3.24. The summed E-state index contributed by atoms with van der Waals surface area (Å²) in [7, 11) is 0. The molecule has 68 valence electrons. The molecule has 0 aromatic heterocycles. The van der Waals surface area contributed by atoms with E-state index < -0.39 is 0 Å². The highest BCUT2D eigenvalue weighted by atomic mass is 16.7. The molecule has 1 saturated carbocycles. The first kappa shape index (κ1) is 6.17. The third-order valence-corrected chi connectivity index (χ3v) is 4.08. The molecule has 0 aromatic rings. The molecule has 5 aliphatic rings. The maximum Gasteiger partial charge on any atom is 0.114 e. The summed E-state index contributed by atoms with van der Waals surface area (Å²) in [6.07, 6.45) is 7.10. The monoisotopic (exact) mass is 178 g/mol. The SMILES string of the molecule is C1=CC2C3OC3C1C1OC1C1OC21. The van der Waals surface area contributed by atoms with Gasteiger partial charge in [0.05, 0.1) is 24.4 Å². The Balaban J connectivity index is 1.69. The Bertz CT molecular complexity index is 296. The molecule has 0 amide bonds. The molecule has 3 saturated heterocycles. The quantitative estimate of drug-likeness (QED) is 0.390. The Morgan fingerprint density at radius 1 is 0.538 bits per heavy atom. The van der Waals surface area contributed by atoms with Gasteiger partial charge in [0.1, 0.15) is 12.2 Å². The highest BCUT2D eigenvalue weighted by molar-refractivity contribution is 5.27. The first-order valence-electron chi connectivity index (χ1n) is 5.08. The largest absolute Gasteiger partial charge is 0.368 e. The van der Waals surface area contributed by atoms with E-state index in [2.05, 4.69) is 12.2 Å². The minimum absolute atomic E-state index is 0.396. The predicted octanol–water partition coefficient (Wildman–Crippen LogP) is 0.104. The van der Waals surface area contributed by atoms with Crippen molar-refractivity contribution < 1.29 is 14.2 Å². The van der Waals surface area contributed by atoms with E-state index in [0.717, 1.165) is 0 Å². The second kappa shape index (κ2) is 1.60. The van der Waals surface area contributed by atoms with Crippen LogP contribution >= 0.6 is 0 Å². The Kier molecular flexibility index (Phi) is 0.759. The molecule has 5 rings (SSSR count). The van der Waals surface area contributed by atoms with Gasteiger partial charge in [0.25, 0.3) is 0 Å². The van der Waals surface area contributed by atoms with Crippen molar-refractivity contribution >= 4 is 0 Å². The third-order valence-electron chi connectivity index (χ3n) is 4.08. The molecule has 3 heterocycles. The first-order chi connectivity index (χ1) is 6.43. The summed E-state index contributed by atoms with van der Waals surface area (Å²) in [5.74, 6) is 1.05. The number of rotatable bonds is 0. The zero-order valence-electron chi connectivity index (χ0n) is 7.00. The lowest BCUT2D eigenvalue weighted by Gasteiger charge is -2.17. The van der Waals surface area contributed by atoms with Gasteiger partial charge < -0.3 is 14.2 Å². The summed E-state index contributed by atoms with van der Waals surface area (Å²) in [6, 6.07) is 0. The number of hydrogen-bond donors (Lipinski definition) is 0. The molecule has 2 bridgehead atoms. The Morgan fingerprint density at radius 3 is 1.46 bits per heavy atom. The second-order valence-electron chi connectivity index (χ2n) is 4.74. The molecule has 2 aliphatic carbocycles. The Labute approximate surface area is 75.6 Å². The maximum atomic E-state index is 5.70. The van der Waals surface area contributed by atoms with Crippen molar-refractivity contribution in [1.82, 2.24) is 0 Å². The van der Waals surface area contributed by atoms with Crippen LogP contribution in [0.4, 0.5) is 0 Å². The fraction of sp³-hybridized carbons (Fsp3) is 0.800. The molecular formula is C10H10O3. The van der Waals surface area contributed by atoms with Gasteiger partial charge in [0.2, 0.25) is 0 Å². The lowest BCUT2D eigenvalue weighted by molar-refractivity contribution is 0.280. The van der Waals surface area contributed by atoms with E-state index in [0.29, 0.717) is 48.5 Å². The van der Waals surface area contributed by atoms with E-state index in [-0.39, 0.29) is 0 Å². The van der Waals surface area contributed by atoms with Gasteiger partial charge in [-0.3, -0.25) is 0 Å². The van der Waals surface area contributed by atoms with Gasteiger partial charge in [-0.1, -0.05) is 12.2 Å². The van der Waals surface area contributed by atoms with Crippen molar-refractivity contribution in [3.63, 3.8) is 0 Å². The molecule has 3 heteroatoms. The van der Waals surface area contributed by atoms with Gasteiger partial charge in [0, 0.05) is 11.8 Å². The average Bonchev–Trinajstić information content (AvgIpc) is 2.91. The summed E-state index contributed by atoms with van der Waals surface area (Å²) < 4.78 is 17.0. The molecule has 8 atom stereocenters. The van der Waals surface area contributed by atoms with Crippen LogP contribution in [0.5, 0.6) is 0 Å². The van der Waals surface area contributed by atoms with Gasteiger partial charge in [-0.15, -0.1) is 0 Å². The van der Waals surface area contributed by atoms with Crippen molar-refractivity contribution in [2.24, 2.45) is 11.8 Å². The molecule has 0 N–H and O–H groups in total. The lowest BCUT2D eigenvalue weighted by Crippen LogP contribution is -2.31. The van der Waals surface area contributed by atoms with Gasteiger partial charge in [-0.25, -0.2) is 0 Å². The summed E-state index contributed by atoms with van der Waals surface area (Å²) in [4.78, 5) is 0. The zero-order valence-corrected chi connectivity index (χ0v) is 7.00. The van der Waals surface area contributed by atoms with Crippen molar-refractivity contribution in [2.75, 3.05) is 0 Å². The fourth-order valence-corrected chi connectivity index (χ4v) is 3.24. The first-order valence-corrected chi connectivity index (χ1v) is 5.08. The number of hydrogen-bond acceptors (Lipinski definition) is 3. The van der Waals surface area contributed by atoms with Gasteiger partial charge in [0.15, 0.2) is 0 Å². The highest BCUT2D eigenvalue weighted by Crippen LogP contribution is 2.57. The lowest BCUT2D eigenvalue weighted by atomic mass is 9.80. The van der Waals surface area contributed by atoms with Gasteiger partial charge in [-0.05, 0) is 0 Å². The van der Waals surface area contributed by atoms with Crippen LogP contribution in [-0.4, -0.2) is 36.6 Å². The highest BCUT2D eigenvalue weighted by Gasteiger charge is 2.71. The topological polar surface area (TPSA) is 37.6 Å². The van der Waals surface area contributed by atoms with E-state index in [1.165, 1.54) is 0 Å². The third kappa shape index (κ3) is 0.592. The average molecular weight is 178 g/mol. The minimum atomic E-state index is 0.396. The van der Waals surface area contributed by atoms with Crippen LogP contribution in [0.25, 0.3) is 0 Å². The summed E-state index contributed by atoms with van der Waals surface area (Å²) in [6.45, 7) is 0. The van der Waals surface area contributed by atoms with E-state index in [1.54, 1.807) is 0 Å². The standard InChI is InChI=1S/C10H10O3/c1-2-4-6-5(11-6)3(1)7-9(12-7)10-8(4)13-10/h1-10H. The number of ether oxygens (including phenoxy) is 3. The van der Waals surface area contributed by atoms with Crippen LogP contribution in [-0.2, 0) is 14.2 Å². The summed E-state index contributed by atoms with van der Waals surface area (Å²) in [5.41, 5.74) is 0. The Morgan fingerprint density at radius 2 is 0.923 bits per heavy atom. The van der Waals surface area contributed by atoms with Crippen LogP contribution in [0.2, 0.25) is 0 Å². The van der Waals surface area contributed by atoms with Crippen LogP contribution in [0.1, 0.15) is 0 Å². The summed E-state index contributed by atoms with van der Waals surface area (Å²) in [5, 5.41) is 0. The van der Waals surface area contributed by atoms with Gasteiger partial charge >= 0.3 is 0 Å². The molecule has 0 spiro atoms. The van der Waals surface area contributed by atoms with E-state index in [4.69, 9.17) is 14.2 Å². The normalized spacial score (nSPS) is 74.5. The molecular weight excluding hydrogens is 168 g/mol. The molecule has 3 nitrogen and oxygen atoms in total. The second-order valence-corrected chi connectivity index (χ2v) is 4.74. The molecule has 4 fully saturated rings. The van der Waals surface area contributed by atoms with E-state index in [1.807, 2.05) is 0 Å². The van der Waals surface area contributed by atoms with Crippen LogP contribution in [0.15, 0.2) is 12.2 Å². The molecule has 3 aliphatic heterocycles. The summed E-state index contributed by atoms with van der Waals surface area (Å²) >= 11 is 0. The predicted molar refractivity (Wildman–Crippen MR) is 42.1 cm³/mol.